The summed E-state index contributed by atoms with van der Waals surface area (Å²) < 4.78 is 39.4. The number of alkyl halides is 3. The maximum atomic E-state index is 13.7. The molecule has 0 radical (unpaired) electrons. The van der Waals surface area contributed by atoms with E-state index in [-0.39, 0.29) is 30.9 Å². The Bertz CT molecular complexity index is 1330. The molecule has 0 saturated heterocycles. The lowest BCUT2D eigenvalue weighted by atomic mass is 10.1. The number of nitrogens with one attached hydrogen (secondary N) is 1. The second-order valence-electron chi connectivity index (χ2n) is 12.7. The molecule has 2 amide bonds. The fourth-order valence-electron chi connectivity index (χ4n) is 6.04. The number of H-pyrrole nitrogens is 1. The van der Waals surface area contributed by atoms with Crippen molar-refractivity contribution in [3.05, 3.63) is 71.4 Å². The molecule has 246 valence electrons. The van der Waals surface area contributed by atoms with Crippen molar-refractivity contribution < 1.29 is 22.8 Å². The van der Waals surface area contributed by atoms with E-state index in [4.69, 9.17) is 0 Å². The number of carbonyl (C=O) groups excluding carboxylic acids is 2. The molecule has 0 spiro atoms. The molecule has 1 saturated carbocycles. The second kappa shape index (κ2) is 17.4. The number of unbranched alkanes of at least 4 members (excludes halogenated alkanes) is 10. The van der Waals surface area contributed by atoms with Crippen LogP contribution >= 0.6 is 0 Å². The maximum absolute atomic E-state index is 13.7. The van der Waals surface area contributed by atoms with Gasteiger partial charge in [-0.2, -0.15) is 13.2 Å². The summed E-state index contributed by atoms with van der Waals surface area (Å²) in [5.74, 6) is -0.137. The van der Waals surface area contributed by atoms with Crippen molar-refractivity contribution in [3.8, 4) is 0 Å². The SMILES string of the molecule is CCCCCCCCCCCCCC(=O)N(CC(=O)N(CCc1c[nH]c2ccccc12)Cc1ccc(C(F)(F)F)cc1)C1CC1. The van der Waals surface area contributed by atoms with Gasteiger partial charge in [0, 0.05) is 42.7 Å². The molecule has 3 aromatic rings. The van der Waals surface area contributed by atoms with Gasteiger partial charge in [0.2, 0.25) is 11.8 Å². The average Bonchev–Trinajstić information content (AvgIpc) is 3.79. The number of carbonyl (C=O) groups is 2. The van der Waals surface area contributed by atoms with E-state index < -0.39 is 11.7 Å². The number of halogens is 3. The van der Waals surface area contributed by atoms with Crippen molar-refractivity contribution in [1.29, 1.82) is 0 Å². The zero-order valence-corrected chi connectivity index (χ0v) is 26.8. The number of rotatable bonds is 20. The summed E-state index contributed by atoms with van der Waals surface area (Å²) in [5.41, 5.74) is 2.00. The summed E-state index contributed by atoms with van der Waals surface area (Å²) in [6.07, 6.45) is 13.8. The van der Waals surface area contributed by atoms with Gasteiger partial charge in [0.15, 0.2) is 0 Å². The molecule has 45 heavy (non-hydrogen) atoms. The smallest absolute Gasteiger partial charge is 0.361 e. The predicted octanol–water partition coefficient (Wildman–Crippen LogP) is 9.45. The first-order valence-electron chi connectivity index (χ1n) is 17.0. The molecular formula is C37H50F3N3O2. The number of aromatic amines is 1. The minimum atomic E-state index is -4.41. The monoisotopic (exact) mass is 625 g/mol. The highest BCUT2D eigenvalue weighted by Gasteiger charge is 2.34. The topological polar surface area (TPSA) is 56.4 Å². The number of hydrogen-bond acceptors (Lipinski definition) is 2. The van der Waals surface area contributed by atoms with Gasteiger partial charge in [0.1, 0.15) is 6.54 Å². The van der Waals surface area contributed by atoms with Gasteiger partial charge in [-0.15, -0.1) is 0 Å². The first-order chi connectivity index (χ1) is 21.8. The van der Waals surface area contributed by atoms with Crippen molar-refractivity contribution in [3.63, 3.8) is 0 Å². The van der Waals surface area contributed by atoms with Gasteiger partial charge >= 0.3 is 6.18 Å². The normalized spacial score (nSPS) is 13.3. The summed E-state index contributed by atoms with van der Waals surface area (Å²) in [7, 11) is 0. The summed E-state index contributed by atoms with van der Waals surface area (Å²) >= 11 is 0. The van der Waals surface area contributed by atoms with E-state index in [9.17, 15) is 22.8 Å². The summed E-state index contributed by atoms with van der Waals surface area (Å²) in [5, 5.41) is 1.08. The second-order valence-corrected chi connectivity index (χ2v) is 12.7. The molecule has 1 N–H and O–H groups in total. The third kappa shape index (κ3) is 11.2. The molecule has 0 atom stereocenters. The fraction of sp³-hybridized carbons (Fsp3) is 0.568. The lowest BCUT2D eigenvalue weighted by Crippen LogP contribution is -2.44. The van der Waals surface area contributed by atoms with Crippen LogP contribution in [0.3, 0.4) is 0 Å². The van der Waals surface area contributed by atoms with E-state index in [2.05, 4.69) is 11.9 Å². The fourth-order valence-corrected chi connectivity index (χ4v) is 6.04. The largest absolute Gasteiger partial charge is 0.416 e. The van der Waals surface area contributed by atoms with Gasteiger partial charge in [-0.3, -0.25) is 9.59 Å². The van der Waals surface area contributed by atoms with Crippen LogP contribution in [-0.2, 0) is 28.7 Å². The standard InChI is InChI=1S/C37H50F3N3O2/c1-2-3-4-5-6-7-8-9-10-11-12-17-35(44)43(32-22-23-32)28-36(45)42(27-29-18-20-31(21-19-29)37(38,39)40)25-24-30-26-41-34-16-14-13-15-33(30)34/h13-16,18-21,26,32,41H,2-12,17,22-25,27-28H2,1H3. The molecule has 0 unspecified atom stereocenters. The van der Waals surface area contributed by atoms with Crippen LogP contribution in [0.1, 0.15) is 114 Å². The first kappa shape index (κ1) is 34.6. The van der Waals surface area contributed by atoms with Crippen molar-refractivity contribution >= 4 is 22.7 Å². The average molecular weight is 626 g/mol. The van der Waals surface area contributed by atoms with Crippen LogP contribution in [0.4, 0.5) is 13.2 Å². The van der Waals surface area contributed by atoms with Crippen LogP contribution in [0.25, 0.3) is 10.9 Å². The zero-order valence-electron chi connectivity index (χ0n) is 26.8. The van der Waals surface area contributed by atoms with Gasteiger partial charge in [-0.1, -0.05) is 101 Å². The van der Waals surface area contributed by atoms with Crippen molar-refractivity contribution in [2.24, 2.45) is 0 Å². The number of fused-ring (bicyclic) bond motifs is 1. The van der Waals surface area contributed by atoms with Crippen LogP contribution in [0, 0.1) is 0 Å². The van der Waals surface area contributed by atoms with E-state index in [0.29, 0.717) is 24.9 Å². The van der Waals surface area contributed by atoms with Crippen LogP contribution in [0.2, 0.25) is 0 Å². The van der Waals surface area contributed by atoms with Crippen LogP contribution < -0.4 is 0 Å². The van der Waals surface area contributed by atoms with E-state index >= 15 is 0 Å². The highest BCUT2D eigenvalue weighted by Crippen LogP contribution is 2.30. The van der Waals surface area contributed by atoms with Gasteiger partial charge in [0.05, 0.1) is 5.56 Å². The highest BCUT2D eigenvalue weighted by atomic mass is 19.4. The van der Waals surface area contributed by atoms with Gasteiger partial charge in [-0.25, -0.2) is 0 Å². The maximum Gasteiger partial charge on any atom is 0.416 e. The Hall–Kier alpha value is -3.29. The Balaban J connectivity index is 1.31. The number of hydrogen-bond donors (Lipinski definition) is 1. The number of amides is 2. The molecule has 4 rings (SSSR count). The van der Waals surface area contributed by atoms with Gasteiger partial charge < -0.3 is 14.8 Å². The van der Waals surface area contributed by atoms with Crippen LogP contribution in [-0.4, -0.2) is 45.7 Å². The molecule has 0 aliphatic heterocycles. The minimum absolute atomic E-state index is 0.00997. The van der Waals surface area contributed by atoms with E-state index in [1.807, 2.05) is 30.5 Å². The Morgan fingerprint density at radius 2 is 1.44 bits per heavy atom. The van der Waals surface area contributed by atoms with Crippen molar-refractivity contribution in [2.45, 2.75) is 122 Å². The quantitative estimate of drug-likeness (QED) is 0.127. The Labute approximate surface area is 266 Å². The molecule has 1 aliphatic carbocycles. The van der Waals surface area contributed by atoms with Crippen molar-refractivity contribution in [1.82, 2.24) is 14.8 Å². The van der Waals surface area contributed by atoms with E-state index in [1.54, 1.807) is 9.80 Å². The van der Waals surface area contributed by atoms with Crippen molar-refractivity contribution in [2.75, 3.05) is 13.1 Å². The molecule has 1 aromatic heterocycles. The predicted molar refractivity (Wildman–Crippen MR) is 175 cm³/mol. The summed E-state index contributed by atoms with van der Waals surface area (Å²) in [6, 6.07) is 13.1. The minimum Gasteiger partial charge on any atom is -0.361 e. The molecule has 5 nitrogen and oxygen atoms in total. The zero-order chi connectivity index (χ0) is 32.1. The molecule has 2 aromatic carbocycles. The number of aromatic nitrogens is 1. The van der Waals surface area contributed by atoms with Gasteiger partial charge in [-0.05, 0) is 55.0 Å². The summed E-state index contributed by atoms with van der Waals surface area (Å²) in [6.45, 7) is 2.83. The van der Waals surface area contributed by atoms with E-state index in [0.717, 1.165) is 60.7 Å². The number of nitrogens with zero attached hydrogens (tertiary/aromatic N) is 2. The third-order valence-corrected chi connectivity index (χ3v) is 8.94. The molecule has 0 bridgehead atoms. The van der Waals surface area contributed by atoms with Crippen LogP contribution in [0.15, 0.2) is 54.7 Å². The lowest BCUT2D eigenvalue weighted by Gasteiger charge is -2.28. The highest BCUT2D eigenvalue weighted by molar-refractivity contribution is 5.86. The first-order valence-corrected chi connectivity index (χ1v) is 17.0. The molecule has 1 aliphatic rings. The molecule has 1 heterocycles. The Morgan fingerprint density at radius 1 is 0.822 bits per heavy atom. The Morgan fingerprint density at radius 3 is 2.07 bits per heavy atom. The van der Waals surface area contributed by atoms with Gasteiger partial charge in [0.25, 0.3) is 0 Å². The van der Waals surface area contributed by atoms with Crippen LogP contribution in [0.5, 0.6) is 0 Å². The number of para-hydroxylation sites is 1. The molecule has 8 heteroatoms. The Kier molecular flexibility index (Phi) is 13.4. The summed E-state index contributed by atoms with van der Waals surface area (Å²) in [4.78, 5) is 33.7. The molecule has 1 fully saturated rings. The number of benzene rings is 2. The third-order valence-electron chi connectivity index (χ3n) is 8.94. The molecular weight excluding hydrogens is 575 g/mol. The van der Waals surface area contributed by atoms with E-state index in [1.165, 1.54) is 63.5 Å². The lowest BCUT2D eigenvalue weighted by molar-refractivity contribution is -0.141.